The monoisotopic (exact) mass is 279 g/mol. The molecule has 1 heterocycles. The van der Waals surface area contributed by atoms with E-state index in [0.29, 0.717) is 6.04 Å². The Bertz CT molecular complexity index is 432. The molecule has 20 heavy (non-hydrogen) atoms. The van der Waals surface area contributed by atoms with Gasteiger partial charge in [-0.25, -0.2) is 0 Å². The molecule has 1 saturated heterocycles. The van der Waals surface area contributed by atoms with Gasteiger partial charge in [0.05, 0.1) is 0 Å². The first-order valence-electron chi connectivity index (χ1n) is 7.11. The molecule has 5 nitrogen and oxygen atoms in total. The van der Waals surface area contributed by atoms with E-state index in [0.717, 1.165) is 31.7 Å². The Morgan fingerprint density at radius 2 is 1.85 bits per heavy atom. The molecule has 112 valence electrons. The summed E-state index contributed by atoms with van der Waals surface area (Å²) in [5, 5.41) is 22.6. The van der Waals surface area contributed by atoms with Crippen molar-refractivity contribution < 1.29 is 10.2 Å². The molecule has 2 unspecified atom stereocenters. The van der Waals surface area contributed by atoms with Gasteiger partial charge < -0.3 is 20.4 Å². The third-order valence-corrected chi connectivity index (χ3v) is 4.06. The van der Waals surface area contributed by atoms with E-state index in [4.69, 9.17) is 0 Å². The lowest BCUT2D eigenvalue weighted by Crippen LogP contribution is -2.53. The average Bonchev–Trinajstić information content (AvgIpc) is 2.38. The molecule has 1 aromatic carbocycles. The van der Waals surface area contributed by atoms with Crippen molar-refractivity contribution in [3.8, 4) is 11.5 Å². The highest BCUT2D eigenvalue weighted by Gasteiger charge is 2.22. The van der Waals surface area contributed by atoms with Crippen LogP contribution in [0.25, 0.3) is 0 Å². The Morgan fingerprint density at radius 3 is 2.50 bits per heavy atom. The summed E-state index contributed by atoms with van der Waals surface area (Å²) in [6.07, 6.45) is 0. The highest BCUT2D eigenvalue weighted by atomic mass is 16.3. The molecular weight excluding hydrogens is 254 g/mol. The third kappa shape index (κ3) is 3.85. The first-order chi connectivity index (χ1) is 9.45. The Labute approximate surface area is 120 Å². The van der Waals surface area contributed by atoms with Gasteiger partial charge in [0.2, 0.25) is 0 Å². The summed E-state index contributed by atoms with van der Waals surface area (Å²) in [6, 6.07) is 5.30. The average molecular weight is 279 g/mol. The molecule has 1 aliphatic rings. The maximum atomic E-state index is 9.53. The number of rotatable bonds is 4. The summed E-state index contributed by atoms with van der Waals surface area (Å²) in [6.45, 7) is 6.19. The second-order valence-corrected chi connectivity index (χ2v) is 5.81. The number of aromatic hydroxyl groups is 2. The van der Waals surface area contributed by atoms with E-state index < -0.39 is 0 Å². The van der Waals surface area contributed by atoms with E-state index in [1.165, 1.54) is 6.07 Å². The number of phenols is 2. The number of hydrogen-bond donors (Lipinski definition) is 3. The van der Waals surface area contributed by atoms with E-state index in [2.05, 4.69) is 29.2 Å². The Morgan fingerprint density at radius 1 is 1.20 bits per heavy atom. The standard InChI is InChI=1S/C15H25N3O2/c1-11(12-6-14(19)8-15(20)7-12)16-9-13-10-17(2)4-5-18(13)3/h6-8,11,13,16,19-20H,4-5,9-10H2,1-3H3. The van der Waals surface area contributed by atoms with Crippen LogP contribution in [0.15, 0.2) is 18.2 Å². The van der Waals surface area contributed by atoms with Crippen molar-refractivity contribution in [2.75, 3.05) is 40.3 Å². The van der Waals surface area contributed by atoms with E-state index >= 15 is 0 Å². The molecule has 1 aliphatic heterocycles. The lowest BCUT2D eigenvalue weighted by atomic mass is 10.1. The highest BCUT2D eigenvalue weighted by Crippen LogP contribution is 2.24. The molecule has 1 fully saturated rings. The van der Waals surface area contributed by atoms with Gasteiger partial charge in [0.25, 0.3) is 0 Å². The van der Waals surface area contributed by atoms with E-state index in [9.17, 15) is 10.2 Å². The third-order valence-electron chi connectivity index (χ3n) is 4.06. The summed E-state index contributed by atoms with van der Waals surface area (Å²) >= 11 is 0. The minimum absolute atomic E-state index is 0.0913. The van der Waals surface area contributed by atoms with Gasteiger partial charge in [0.15, 0.2) is 0 Å². The van der Waals surface area contributed by atoms with Crippen molar-refractivity contribution in [2.45, 2.75) is 19.0 Å². The van der Waals surface area contributed by atoms with Crippen LogP contribution in [0, 0.1) is 0 Å². The number of nitrogens with one attached hydrogen (secondary N) is 1. The van der Waals surface area contributed by atoms with Gasteiger partial charge in [-0.2, -0.15) is 0 Å². The van der Waals surface area contributed by atoms with Crippen molar-refractivity contribution in [2.24, 2.45) is 0 Å². The zero-order valence-corrected chi connectivity index (χ0v) is 12.5. The van der Waals surface area contributed by atoms with Gasteiger partial charge in [-0.15, -0.1) is 0 Å². The van der Waals surface area contributed by atoms with Crippen LogP contribution in [0.1, 0.15) is 18.5 Å². The first kappa shape index (κ1) is 15.1. The fourth-order valence-corrected chi connectivity index (χ4v) is 2.62. The fraction of sp³-hybridized carbons (Fsp3) is 0.600. The molecule has 0 amide bonds. The van der Waals surface area contributed by atoms with Crippen LogP contribution in [-0.2, 0) is 0 Å². The Hall–Kier alpha value is -1.30. The van der Waals surface area contributed by atoms with Crippen molar-refractivity contribution >= 4 is 0 Å². The van der Waals surface area contributed by atoms with Crippen LogP contribution >= 0.6 is 0 Å². The lowest BCUT2D eigenvalue weighted by molar-refractivity contribution is 0.112. The molecule has 0 bridgehead atoms. The quantitative estimate of drug-likeness (QED) is 0.767. The van der Waals surface area contributed by atoms with Gasteiger partial charge >= 0.3 is 0 Å². The second kappa shape index (κ2) is 6.43. The van der Waals surface area contributed by atoms with Crippen molar-refractivity contribution in [3.05, 3.63) is 23.8 Å². The maximum absolute atomic E-state index is 9.53. The number of benzene rings is 1. The number of nitrogens with zero attached hydrogens (tertiary/aromatic N) is 2. The Balaban J connectivity index is 1.92. The van der Waals surface area contributed by atoms with Gasteiger partial charge in [-0.05, 0) is 38.7 Å². The van der Waals surface area contributed by atoms with Crippen LogP contribution in [0.4, 0.5) is 0 Å². The second-order valence-electron chi connectivity index (χ2n) is 5.81. The molecule has 0 spiro atoms. The van der Waals surface area contributed by atoms with Crippen molar-refractivity contribution in [3.63, 3.8) is 0 Å². The normalized spacial score (nSPS) is 22.9. The SMILES string of the molecule is CC(NCC1CN(C)CCN1C)c1cc(O)cc(O)c1. The number of piperazine rings is 1. The molecule has 5 heteroatoms. The summed E-state index contributed by atoms with van der Waals surface area (Å²) in [7, 11) is 4.31. The van der Waals surface area contributed by atoms with Crippen LogP contribution in [0.2, 0.25) is 0 Å². The van der Waals surface area contributed by atoms with E-state index in [1.807, 2.05) is 6.92 Å². The van der Waals surface area contributed by atoms with Gasteiger partial charge in [-0.1, -0.05) is 0 Å². The smallest absolute Gasteiger partial charge is 0.119 e. The van der Waals surface area contributed by atoms with Crippen LogP contribution in [0.5, 0.6) is 11.5 Å². The molecule has 2 atom stereocenters. The summed E-state index contributed by atoms with van der Waals surface area (Å²) in [5.74, 6) is 0.200. The van der Waals surface area contributed by atoms with Crippen molar-refractivity contribution in [1.29, 1.82) is 0 Å². The number of likely N-dealkylation sites (N-methyl/N-ethyl adjacent to an activating group) is 2. The zero-order valence-electron chi connectivity index (χ0n) is 12.5. The first-order valence-corrected chi connectivity index (χ1v) is 7.11. The van der Waals surface area contributed by atoms with Crippen LogP contribution < -0.4 is 5.32 Å². The summed E-state index contributed by atoms with van der Waals surface area (Å²) < 4.78 is 0. The predicted octanol–water partition coefficient (Wildman–Crippen LogP) is 0.994. The molecule has 0 aromatic heterocycles. The molecule has 0 radical (unpaired) electrons. The zero-order chi connectivity index (χ0) is 14.7. The molecule has 0 aliphatic carbocycles. The molecule has 1 aromatic rings. The van der Waals surface area contributed by atoms with Gasteiger partial charge in [0, 0.05) is 44.3 Å². The molecular formula is C15H25N3O2. The molecule has 0 saturated carbocycles. The molecule has 2 rings (SSSR count). The summed E-state index contributed by atoms with van der Waals surface area (Å²) in [5.41, 5.74) is 0.898. The van der Waals surface area contributed by atoms with Crippen LogP contribution in [0.3, 0.4) is 0 Å². The Kier molecular flexibility index (Phi) is 4.86. The topological polar surface area (TPSA) is 59.0 Å². The number of hydrogen-bond acceptors (Lipinski definition) is 5. The molecule has 3 N–H and O–H groups in total. The maximum Gasteiger partial charge on any atom is 0.119 e. The van der Waals surface area contributed by atoms with Crippen LogP contribution in [-0.4, -0.2) is 66.3 Å². The van der Waals surface area contributed by atoms with E-state index in [-0.39, 0.29) is 17.5 Å². The van der Waals surface area contributed by atoms with Crippen molar-refractivity contribution in [1.82, 2.24) is 15.1 Å². The minimum Gasteiger partial charge on any atom is -0.508 e. The number of phenolic OH excluding ortho intramolecular Hbond substituents is 2. The van der Waals surface area contributed by atoms with Gasteiger partial charge in [-0.3, -0.25) is 4.90 Å². The largest absolute Gasteiger partial charge is 0.508 e. The van der Waals surface area contributed by atoms with E-state index in [1.54, 1.807) is 12.1 Å². The fourth-order valence-electron chi connectivity index (χ4n) is 2.62. The highest BCUT2D eigenvalue weighted by molar-refractivity contribution is 5.37. The predicted molar refractivity (Wildman–Crippen MR) is 80.1 cm³/mol. The summed E-state index contributed by atoms with van der Waals surface area (Å²) in [4.78, 5) is 4.72. The van der Waals surface area contributed by atoms with Gasteiger partial charge in [0.1, 0.15) is 11.5 Å². The lowest BCUT2D eigenvalue weighted by Gasteiger charge is -2.38. The minimum atomic E-state index is 0.0913.